The van der Waals surface area contributed by atoms with Gasteiger partial charge >= 0.3 is 0 Å². The first-order valence-corrected chi connectivity index (χ1v) is 3.53. The maximum Gasteiger partial charge on any atom is 0.115 e. The fourth-order valence-electron chi connectivity index (χ4n) is 1.20. The molecule has 0 aromatic heterocycles. The van der Waals surface area contributed by atoms with Crippen molar-refractivity contribution in [3.05, 3.63) is 0 Å². The SMILES string of the molecule is C[C@@H](CO)C1OC1(C)CO. The van der Waals surface area contributed by atoms with E-state index in [0.717, 1.165) is 0 Å². The minimum absolute atomic E-state index is 0.0437. The molecule has 1 rings (SSSR count). The number of aliphatic hydroxyl groups is 2. The van der Waals surface area contributed by atoms with Gasteiger partial charge in [0.1, 0.15) is 5.60 Å². The van der Waals surface area contributed by atoms with E-state index in [1.165, 1.54) is 0 Å². The number of hydrogen-bond acceptors (Lipinski definition) is 3. The highest BCUT2D eigenvalue weighted by Crippen LogP contribution is 2.40. The van der Waals surface area contributed by atoms with Crippen molar-refractivity contribution in [1.82, 2.24) is 0 Å². The molecule has 0 radical (unpaired) electrons. The van der Waals surface area contributed by atoms with Gasteiger partial charge < -0.3 is 14.9 Å². The first kappa shape index (κ1) is 7.98. The van der Waals surface area contributed by atoms with Crippen molar-refractivity contribution in [2.24, 2.45) is 5.92 Å². The lowest BCUT2D eigenvalue weighted by Crippen LogP contribution is -2.21. The van der Waals surface area contributed by atoms with Crippen LogP contribution in [0.3, 0.4) is 0 Å². The normalized spacial score (nSPS) is 41.4. The number of ether oxygens (including phenoxy) is 1. The fourth-order valence-corrected chi connectivity index (χ4v) is 1.20. The van der Waals surface area contributed by atoms with E-state index in [4.69, 9.17) is 14.9 Å². The summed E-state index contributed by atoms with van der Waals surface area (Å²) in [6.07, 6.45) is 0.0440. The Morgan fingerprint density at radius 3 is 2.50 bits per heavy atom. The van der Waals surface area contributed by atoms with Crippen LogP contribution in [0.4, 0.5) is 0 Å². The molecule has 3 atom stereocenters. The molecule has 1 saturated heterocycles. The van der Waals surface area contributed by atoms with Gasteiger partial charge in [-0.25, -0.2) is 0 Å². The van der Waals surface area contributed by atoms with Gasteiger partial charge in [-0.15, -0.1) is 0 Å². The van der Waals surface area contributed by atoms with Crippen LogP contribution < -0.4 is 0 Å². The van der Waals surface area contributed by atoms with Crippen molar-refractivity contribution >= 4 is 0 Å². The van der Waals surface area contributed by atoms with E-state index in [2.05, 4.69) is 0 Å². The Bertz CT molecular complexity index is 126. The van der Waals surface area contributed by atoms with Gasteiger partial charge in [0.15, 0.2) is 0 Å². The summed E-state index contributed by atoms with van der Waals surface area (Å²) in [6.45, 7) is 3.93. The first-order chi connectivity index (χ1) is 4.64. The second kappa shape index (κ2) is 2.49. The molecular formula is C7H14O3. The highest BCUT2D eigenvalue weighted by atomic mass is 16.6. The Kier molecular flexibility index (Phi) is 1.99. The average Bonchev–Trinajstić information content (AvgIpc) is 2.62. The largest absolute Gasteiger partial charge is 0.396 e. The number of aliphatic hydroxyl groups excluding tert-OH is 2. The van der Waals surface area contributed by atoms with Crippen LogP contribution >= 0.6 is 0 Å². The van der Waals surface area contributed by atoms with Crippen LogP contribution in [0.25, 0.3) is 0 Å². The molecule has 10 heavy (non-hydrogen) atoms. The van der Waals surface area contributed by atoms with E-state index in [1.54, 1.807) is 0 Å². The van der Waals surface area contributed by atoms with Gasteiger partial charge in [-0.05, 0) is 6.92 Å². The third-order valence-electron chi connectivity index (χ3n) is 2.06. The van der Waals surface area contributed by atoms with Gasteiger partial charge in [-0.2, -0.15) is 0 Å². The summed E-state index contributed by atoms with van der Waals surface area (Å²) in [6, 6.07) is 0. The van der Waals surface area contributed by atoms with E-state index < -0.39 is 0 Å². The molecule has 3 nitrogen and oxygen atoms in total. The van der Waals surface area contributed by atoms with Gasteiger partial charge in [0.05, 0.1) is 12.7 Å². The number of epoxide rings is 1. The maximum absolute atomic E-state index is 8.77. The second-order valence-electron chi connectivity index (χ2n) is 3.17. The lowest BCUT2D eigenvalue weighted by molar-refractivity contribution is 0.179. The zero-order chi connectivity index (χ0) is 7.78. The van der Waals surface area contributed by atoms with Crippen LogP contribution in [0.2, 0.25) is 0 Å². The van der Waals surface area contributed by atoms with E-state index in [-0.39, 0.29) is 30.8 Å². The summed E-state index contributed by atoms with van der Waals surface area (Å²) >= 11 is 0. The Balaban J connectivity index is 2.36. The summed E-state index contributed by atoms with van der Waals surface area (Å²) in [7, 11) is 0. The smallest absolute Gasteiger partial charge is 0.115 e. The van der Waals surface area contributed by atoms with Crippen molar-refractivity contribution in [3.63, 3.8) is 0 Å². The molecule has 0 saturated carbocycles. The predicted octanol–water partition coefficient (Wildman–Crippen LogP) is -0.235. The third kappa shape index (κ3) is 1.17. The first-order valence-electron chi connectivity index (χ1n) is 3.53. The van der Waals surface area contributed by atoms with Gasteiger partial charge in [0.25, 0.3) is 0 Å². The van der Waals surface area contributed by atoms with Crippen LogP contribution in [-0.4, -0.2) is 35.1 Å². The zero-order valence-electron chi connectivity index (χ0n) is 6.37. The van der Waals surface area contributed by atoms with E-state index in [1.807, 2.05) is 13.8 Å². The molecule has 0 amide bonds. The van der Waals surface area contributed by atoms with E-state index in [9.17, 15) is 0 Å². The van der Waals surface area contributed by atoms with Crippen LogP contribution in [0, 0.1) is 5.92 Å². The van der Waals surface area contributed by atoms with Crippen molar-refractivity contribution in [2.45, 2.75) is 25.6 Å². The topological polar surface area (TPSA) is 53.0 Å². The second-order valence-corrected chi connectivity index (χ2v) is 3.17. The Hall–Kier alpha value is -0.120. The van der Waals surface area contributed by atoms with Crippen LogP contribution in [0.1, 0.15) is 13.8 Å². The molecule has 2 unspecified atom stereocenters. The predicted molar refractivity (Wildman–Crippen MR) is 36.6 cm³/mol. The lowest BCUT2D eigenvalue weighted by Gasteiger charge is -2.04. The molecule has 0 aliphatic carbocycles. The molecule has 1 heterocycles. The molecule has 2 N–H and O–H groups in total. The van der Waals surface area contributed by atoms with Gasteiger partial charge in [-0.1, -0.05) is 6.92 Å². The summed E-state index contributed by atoms with van der Waals surface area (Å²) in [5.74, 6) is 0.136. The molecule has 1 aliphatic rings. The third-order valence-corrected chi connectivity index (χ3v) is 2.06. The van der Waals surface area contributed by atoms with Crippen LogP contribution in [-0.2, 0) is 4.74 Å². The van der Waals surface area contributed by atoms with Gasteiger partial charge in [-0.3, -0.25) is 0 Å². The molecule has 0 aromatic carbocycles. The number of hydrogen-bond donors (Lipinski definition) is 2. The minimum Gasteiger partial charge on any atom is -0.396 e. The number of rotatable bonds is 3. The van der Waals surface area contributed by atoms with Crippen molar-refractivity contribution in [3.8, 4) is 0 Å². The van der Waals surface area contributed by atoms with E-state index >= 15 is 0 Å². The standard InChI is InChI=1S/C7H14O3/c1-5(3-8)6-7(2,4-9)10-6/h5-6,8-9H,3-4H2,1-2H3/t5-,6?,7?/m0/s1. The lowest BCUT2D eigenvalue weighted by atomic mass is 9.99. The zero-order valence-corrected chi connectivity index (χ0v) is 6.37. The van der Waals surface area contributed by atoms with Crippen molar-refractivity contribution in [1.29, 1.82) is 0 Å². The highest BCUT2D eigenvalue weighted by Gasteiger charge is 2.54. The molecular weight excluding hydrogens is 132 g/mol. The molecule has 3 heteroatoms. The quantitative estimate of drug-likeness (QED) is 0.540. The van der Waals surface area contributed by atoms with Gasteiger partial charge in [0.2, 0.25) is 0 Å². The highest BCUT2D eigenvalue weighted by molar-refractivity contribution is 5.00. The minimum atomic E-state index is -0.373. The monoisotopic (exact) mass is 146 g/mol. The van der Waals surface area contributed by atoms with Crippen molar-refractivity contribution < 1.29 is 14.9 Å². The summed E-state index contributed by atoms with van der Waals surface area (Å²) in [5, 5.41) is 17.5. The van der Waals surface area contributed by atoms with Crippen LogP contribution in [0.5, 0.6) is 0 Å². The summed E-state index contributed by atoms with van der Waals surface area (Å²) in [4.78, 5) is 0. The Morgan fingerprint density at radius 2 is 2.20 bits per heavy atom. The molecule has 0 bridgehead atoms. The summed E-state index contributed by atoms with van der Waals surface area (Å²) in [5.41, 5.74) is -0.373. The molecule has 1 aliphatic heterocycles. The molecule has 60 valence electrons. The van der Waals surface area contributed by atoms with Crippen LogP contribution in [0.15, 0.2) is 0 Å². The molecule has 1 fully saturated rings. The summed E-state index contributed by atoms with van der Waals surface area (Å²) < 4.78 is 5.20. The van der Waals surface area contributed by atoms with Crippen molar-refractivity contribution in [2.75, 3.05) is 13.2 Å². The van der Waals surface area contributed by atoms with Gasteiger partial charge in [0, 0.05) is 12.5 Å². The molecule has 0 spiro atoms. The fraction of sp³-hybridized carbons (Fsp3) is 1.00. The Labute approximate surface area is 60.6 Å². The molecule has 0 aromatic rings. The average molecular weight is 146 g/mol. The van der Waals surface area contributed by atoms with E-state index in [0.29, 0.717) is 0 Å². The maximum atomic E-state index is 8.77. The Morgan fingerprint density at radius 1 is 1.60 bits per heavy atom.